The van der Waals surface area contributed by atoms with Crippen molar-refractivity contribution >= 4 is 21.7 Å². The second kappa shape index (κ2) is 10.0. The topological polar surface area (TPSA) is 79.0 Å². The van der Waals surface area contributed by atoms with E-state index in [1.165, 1.54) is 17.0 Å². The number of likely N-dealkylation sites (tertiary alicyclic amines) is 1. The van der Waals surface area contributed by atoms with E-state index in [1.807, 2.05) is 54.6 Å². The van der Waals surface area contributed by atoms with Crippen LogP contribution in [-0.2, 0) is 21.2 Å². The van der Waals surface area contributed by atoms with Crippen molar-refractivity contribution in [2.24, 2.45) is 0 Å². The van der Waals surface area contributed by atoms with E-state index < -0.39 is 28.0 Å². The first kappa shape index (κ1) is 24.4. The molecule has 2 unspecified atom stereocenters. The number of nitrogens with one attached hydrogen (secondary N) is 1. The maximum absolute atomic E-state index is 15.7. The fourth-order valence-electron chi connectivity index (χ4n) is 4.92. The first-order valence-electron chi connectivity index (χ1n) is 11.9. The van der Waals surface area contributed by atoms with Gasteiger partial charge in [0.2, 0.25) is 10.0 Å². The molecule has 0 saturated carbocycles. The highest BCUT2D eigenvalue weighted by molar-refractivity contribution is 7.89. The Labute approximate surface area is 210 Å². The molecule has 188 valence electrons. The van der Waals surface area contributed by atoms with Crippen molar-refractivity contribution in [3.05, 3.63) is 96.1 Å². The van der Waals surface area contributed by atoms with Crippen molar-refractivity contribution < 1.29 is 22.3 Å². The van der Waals surface area contributed by atoms with Crippen molar-refractivity contribution in [2.45, 2.75) is 29.6 Å². The Morgan fingerprint density at radius 2 is 1.64 bits per heavy atom. The van der Waals surface area contributed by atoms with Crippen LogP contribution in [0.3, 0.4) is 0 Å². The number of hydrogen-bond acceptors (Lipinski definition) is 4. The molecule has 36 heavy (non-hydrogen) atoms. The summed E-state index contributed by atoms with van der Waals surface area (Å²) in [7, 11) is -3.95. The summed E-state index contributed by atoms with van der Waals surface area (Å²) in [6, 6.07) is 25.0. The molecule has 2 fully saturated rings. The molecule has 7 nitrogen and oxygen atoms in total. The van der Waals surface area contributed by atoms with Crippen LogP contribution in [-0.4, -0.2) is 61.8 Å². The Bertz CT molecular complexity index is 1320. The van der Waals surface area contributed by atoms with Gasteiger partial charge in [0.05, 0.1) is 18.0 Å². The highest BCUT2D eigenvalue weighted by Crippen LogP contribution is 2.40. The van der Waals surface area contributed by atoms with Gasteiger partial charge in [0.15, 0.2) is 11.9 Å². The van der Waals surface area contributed by atoms with E-state index in [9.17, 15) is 13.2 Å². The Morgan fingerprint density at radius 1 is 0.972 bits per heavy atom. The molecule has 1 N–H and O–H groups in total. The molecule has 2 aliphatic rings. The van der Waals surface area contributed by atoms with Gasteiger partial charge in [-0.1, -0.05) is 66.7 Å². The van der Waals surface area contributed by atoms with Gasteiger partial charge in [-0.15, -0.1) is 0 Å². The summed E-state index contributed by atoms with van der Waals surface area (Å²) < 4.78 is 49.2. The maximum Gasteiger partial charge on any atom is 0.321 e. The van der Waals surface area contributed by atoms with Gasteiger partial charge >= 0.3 is 6.03 Å². The predicted molar refractivity (Wildman–Crippen MR) is 135 cm³/mol. The fraction of sp³-hybridized carbons (Fsp3) is 0.296. The second-order valence-electron chi connectivity index (χ2n) is 9.00. The summed E-state index contributed by atoms with van der Waals surface area (Å²) in [5.41, 5.74) is 1.10. The number of para-hydroxylation sites is 1. The summed E-state index contributed by atoms with van der Waals surface area (Å²) in [6.45, 7) is 0.0592. The normalized spacial score (nSPS) is 22.6. The zero-order valence-electron chi connectivity index (χ0n) is 19.7. The number of alkyl halides is 1. The SMILES string of the molecule is O=C(Nc1ccccc1Cc1ccccc1)N1CCC2(OCCN2S(=O)(=O)c2ccccc2)C(F)C1. The number of halogens is 1. The molecular weight excluding hydrogens is 481 g/mol. The Balaban J connectivity index is 1.30. The molecule has 3 aromatic carbocycles. The quantitative estimate of drug-likeness (QED) is 0.557. The largest absolute Gasteiger partial charge is 0.355 e. The number of piperidine rings is 1. The molecule has 9 heteroatoms. The number of sulfonamides is 1. The van der Waals surface area contributed by atoms with Gasteiger partial charge in [-0.25, -0.2) is 17.6 Å². The first-order chi connectivity index (χ1) is 17.4. The molecule has 3 aromatic rings. The number of hydrogen-bond donors (Lipinski definition) is 1. The molecule has 0 bridgehead atoms. The molecule has 2 atom stereocenters. The number of nitrogens with zero attached hydrogens (tertiary/aromatic N) is 2. The number of carbonyl (C=O) groups excluding carboxylic acids is 1. The van der Waals surface area contributed by atoms with Crippen LogP contribution in [0, 0.1) is 0 Å². The van der Waals surface area contributed by atoms with Crippen molar-refractivity contribution in [2.75, 3.05) is 31.6 Å². The maximum atomic E-state index is 15.7. The Hall–Kier alpha value is -3.27. The van der Waals surface area contributed by atoms with Gasteiger partial charge in [-0.3, -0.25) is 0 Å². The summed E-state index contributed by atoms with van der Waals surface area (Å²) in [4.78, 5) is 14.6. The number of ether oxygens (including phenoxy) is 1. The van der Waals surface area contributed by atoms with Crippen molar-refractivity contribution in [3.8, 4) is 0 Å². The van der Waals surface area contributed by atoms with Gasteiger partial charge in [0, 0.05) is 25.2 Å². The standard InChI is InChI=1S/C27H28FN3O4S/c28-25-20-30(26(32)29-24-14-8-7-11-22(24)19-21-9-3-1-4-10-21)16-15-27(25)31(17-18-35-27)36(33,34)23-12-5-2-6-13-23/h1-14,25H,15-20H2,(H,29,32). The smallest absolute Gasteiger partial charge is 0.321 e. The molecule has 2 amide bonds. The summed E-state index contributed by atoms with van der Waals surface area (Å²) in [5, 5.41) is 2.92. The van der Waals surface area contributed by atoms with Crippen molar-refractivity contribution in [1.82, 2.24) is 9.21 Å². The van der Waals surface area contributed by atoms with Crippen LogP contribution in [0.1, 0.15) is 17.5 Å². The zero-order chi connectivity index (χ0) is 25.2. The van der Waals surface area contributed by atoms with Crippen LogP contribution >= 0.6 is 0 Å². The number of benzene rings is 3. The lowest BCUT2D eigenvalue weighted by atomic mass is 9.99. The highest BCUT2D eigenvalue weighted by Gasteiger charge is 2.57. The molecule has 0 aromatic heterocycles. The number of amides is 2. The molecule has 0 radical (unpaired) electrons. The third-order valence-electron chi connectivity index (χ3n) is 6.79. The fourth-order valence-corrected chi connectivity index (χ4v) is 6.66. The minimum atomic E-state index is -3.95. The molecule has 0 aliphatic carbocycles. The minimum Gasteiger partial charge on any atom is -0.355 e. The summed E-state index contributed by atoms with van der Waals surface area (Å²) in [6.07, 6.45) is -1.01. The van der Waals surface area contributed by atoms with E-state index in [4.69, 9.17) is 4.74 Å². The molecule has 2 saturated heterocycles. The minimum absolute atomic E-state index is 0.0410. The van der Waals surface area contributed by atoms with Gasteiger partial charge in [0.1, 0.15) is 0 Å². The average molecular weight is 510 g/mol. The van der Waals surface area contributed by atoms with Gasteiger partial charge in [-0.05, 0) is 35.7 Å². The van der Waals surface area contributed by atoms with Crippen LogP contribution in [0.5, 0.6) is 0 Å². The van der Waals surface area contributed by atoms with Crippen molar-refractivity contribution in [3.63, 3.8) is 0 Å². The van der Waals surface area contributed by atoms with Crippen LogP contribution in [0.2, 0.25) is 0 Å². The third-order valence-corrected chi connectivity index (χ3v) is 8.73. The monoisotopic (exact) mass is 509 g/mol. The van der Waals surface area contributed by atoms with E-state index in [1.54, 1.807) is 18.2 Å². The molecule has 1 spiro atoms. The lowest BCUT2D eigenvalue weighted by Gasteiger charge is -2.44. The average Bonchev–Trinajstić information content (AvgIpc) is 3.33. The van der Waals surface area contributed by atoms with E-state index in [0.29, 0.717) is 12.1 Å². The summed E-state index contributed by atoms with van der Waals surface area (Å²) >= 11 is 0. The van der Waals surface area contributed by atoms with Crippen LogP contribution in [0.15, 0.2) is 89.8 Å². The van der Waals surface area contributed by atoms with Crippen LogP contribution in [0.4, 0.5) is 14.9 Å². The molecule has 5 rings (SSSR count). The van der Waals surface area contributed by atoms with Gasteiger partial charge in [-0.2, -0.15) is 4.31 Å². The molecule has 2 aliphatic heterocycles. The van der Waals surface area contributed by atoms with E-state index in [0.717, 1.165) is 15.4 Å². The second-order valence-corrected chi connectivity index (χ2v) is 10.9. The van der Waals surface area contributed by atoms with Crippen molar-refractivity contribution in [1.29, 1.82) is 0 Å². The van der Waals surface area contributed by atoms with Gasteiger partial charge < -0.3 is 15.0 Å². The number of urea groups is 1. The van der Waals surface area contributed by atoms with Gasteiger partial charge in [0.25, 0.3) is 0 Å². The number of anilines is 1. The predicted octanol–water partition coefficient (Wildman–Crippen LogP) is 4.27. The highest BCUT2D eigenvalue weighted by atomic mass is 32.2. The Morgan fingerprint density at radius 3 is 2.36 bits per heavy atom. The third kappa shape index (κ3) is 4.61. The first-order valence-corrected chi connectivity index (χ1v) is 13.4. The molecule has 2 heterocycles. The van der Waals surface area contributed by atoms with E-state index >= 15 is 4.39 Å². The van der Waals surface area contributed by atoms with E-state index in [-0.39, 0.29) is 37.6 Å². The molecular formula is C27H28FN3O4S. The van der Waals surface area contributed by atoms with Crippen LogP contribution < -0.4 is 5.32 Å². The number of carbonyl (C=O) groups is 1. The van der Waals surface area contributed by atoms with E-state index in [2.05, 4.69) is 5.32 Å². The lowest BCUT2D eigenvalue weighted by molar-refractivity contribution is -0.134. The lowest BCUT2D eigenvalue weighted by Crippen LogP contribution is -2.63. The number of rotatable bonds is 5. The summed E-state index contributed by atoms with van der Waals surface area (Å²) in [5.74, 6) is 0. The van der Waals surface area contributed by atoms with Crippen LogP contribution in [0.25, 0.3) is 0 Å². The zero-order valence-corrected chi connectivity index (χ0v) is 20.5. The Kier molecular flexibility index (Phi) is 6.79.